The summed E-state index contributed by atoms with van der Waals surface area (Å²) < 4.78 is 0. The molecule has 3 heteroatoms. The predicted molar refractivity (Wildman–Crippen MR) is 67.3 cm³/mol. The molecule has 0 aromatic heterocycles. The Kier molecular flexibility index (Phi) is 4.78. The Labute approximate surface area is 99.4 Å². The van der Waals surface area contributed by atoms with E-state index in [2.05, 4.69) is 17.6 Å². The summed E-state index contributed by atoms with van der Waals surface area (Å²) in [4.78, 5) is 12.1. The minimum atomic E-state index is -0.308. The van der Waals surface area contributed by atoms with Gasteiger partial charge in [-0.25, -0.2) is 0 Å². The van der Waals surface area contributed by atoms with Crippen LogP contribution < -0.4 is 10.6 Å². The van der Waals surface area contributed by atoms with Crippen molar-refractivity contribution < 1.29 is 4.79 Å². The number of rotatable bonds is 4. The van der Waals surface area contributed by atoms with E-state index in [0.717, 1.165) is 25.3 Å². The lowest BCUT2D eigenvalue weighted by molar-refractivity contribution is -0.130. The van der Waals surface area contributed by atoms with E-state index >= 15 is 0 Å². The molecule has 1 saturated carbocycles. The summed E-state index contributed by atoms with van der Waals surface area (Å²) in [5.41, 5.74) is -0.308. The summed E-state index contributed by atoms with van der Waals surface area (Å²) >= 11 is 0. The van der Waals surface area contributed by atoms with Gasteiger partial charge in [0, 0.05) is 12.6 Å². The molecule has 0 saturated heterocycles. The van der Waals surface area contributed by atoms with E-state index in [1.807, 2.05) is 20.9 Å². The molecule has 0 unspecified atom stereocenters. The molecular weight excluding hydrogens is 200 g/mol. The molecule has 3 nitrogen and oxygen atoms in total. The van der Waals surface area contributed by atoms with E-state index in [9.17, 15) is 4.79 Å². The molecule has 16 heavy (non-hydrogen) atoms. The van der Waals surface area contributed by atoms with Crippen LogP contribution in [0.25, 0.3) is 0 Å². The SMILES string of the molecule is CNCC(C)(C)C(=O)N[C@H]1CC[C@H](C)CC1. The molecule has 0 bridgehead atoms. The first-order valence-electron chi connectivity index (χ1n) is 6.41. The summed E-state index contributed by atoms with van der Waals surface area (Å²) in [5.74, 6) is 1.01. The highest BCUT2D eigenvalue weighted by molar-refractivity contribution is 5.82. The molecule has 0 radical (unpaired) electrons. The van der Waals surface area contributed by atoms with Crippen molar-refractivity contribution in [2.75, 3.05) is 13.6 Å². The molecule has 1 amide bonds. The second-order valence-electron chi connectivity index (χ2n) is 5.84. The first kappa shape index (κ1) is 13.5. The highest BCUT2D eigenvalue weighted by Gasteiger charge is 2.29. The summed E-state index contributed by atoms with van der Waals surface area (Å²) in [6, 6.07) is 0.403. The van der Waals surface area contributed by atoms with Crippen molar-refractivity contribution in [2.45, 2.75) is 52.5 Å². The minimum Gasteiger partial charge on any atom is -0.353 e. The van der Waals surface area contributed by atoms with Crippen LogP contribution in [-0.2, 0) is 4.79 Å². The number of nitrogens with one attached hydrogen (secondary N) is 2. The zero-order chi connectivity index (χ0) is 12.2. The summed E-state index contributed by atoms with van der Waals surface area (Å²) in [6.45, 7) is 7.00. The lowest BCUT2D eigenvalue weighted by Crippen LogP contribution is -2.47. The number of hydrogen-bond donors (Lipinski definition) is 2. The van der Waals surface area contributed by atoms with Crippen LogP contribution in [0.5, 0.6) is 0 Å². The fourth-order valence-electron chi connectivity index (χ4n) is 2.31. The minimum absolute atomic E-state index is 0.182. The topological polar surface area (TPSA) is 41.1 Å². The van der Waals surface area contributed by atoms with Gasteiger partial charge < -0.3 is 10.6 Å². The third-order valence-corrected chi connectivity index (χ3v) is 3.58. The van der Waals surface area contributed by atoms with Crippen LogP contribution >= 0.6 is 0 Å². The molecular formula is C13H26N2O. The van der Waals surface area contributed by atoms with E-state index in [4.69, 9.17) is 0 Å². The van der Waals surface area contributed by atoms with Gasteiger partial charge in [0.25, 0.3) is 0 Å². The van der Waals surface area contributed by atoms with Gasteiger partial charge >= 0.3 is 0 Å². The van der Waals surface area contributed by atoms with Crippen molar-refractivity contribution in [3.05, 3.63) is 0 Å². The van der Waals surface area contributed by atoms with Crippen molar-refractivity contribution in [1.82, 2.24) is 10.6 Å². The van der Waals surface area contributed by atoms with Gasteiger partial charge in [0.1, 0.15) is 0 Å². The van der Waals surface area contributed by atoms with Crippen LogP contribution in [0.1, 0.15) is 46.5 Å². The summed E-state index contributed by atoms with van der Waals surface area (Å²) in [7, 11) is 1.89. The van der Waals surface area contributed by atoms with Crippen molar-refractivity contribution in [2.24, 2.45) is 11.3 Å². The predicted octanol–water partition coefficient (Wildman–Crippen LogP) is 1.93. The maximum Gasteiger partial charge on any atom is 0.227 e. The molecule has 0 atom stereocenters. The van der Waals surface area contributed by atoms with Gasteiger partial charge in [-0.3, -0.25) is 4.79 Å². The van der Waals surface area contributed by atoms with Crippen LogP contribution in [-0.4, -0.2) is 25.5 Å². The number of hydrogen-bond acceptors (Lipinski definition) is 2. The number of amides is 1. The van der Waals surface area contributed by atoms with Gasteiger partial charge in [0.2, 0.25) is 5.91 Å². The second-order valence-corrected chi connectivity index (χ2v) is 5.84. The zero-order valence-electron chi connectivity index (χ0n) is 11.1. The Morgan fingerprint density at radius 1 is 1.25 bits per heavy atom. The smallest absolute Gasteiger partial charge is 0.227 e. The van der Waals surface area contributed by atoms with Crippen LogP contribution in [0, 0.1) is 11.3 Å². The van der Waals surface area contributed by atoms with Crippen molar-refractivity contribution in [3.63, 3.8) is 0 Å². The number of carbonyl (C=O) groups excluding carboxylic acids is 1. The van der Waals surface area contributed by atoms with Crippen LogP contribution in [0.15, 0.2) is 0 Å². The van der Waals surface area contributed by atoms with E-state index in [1.165, 1.54) is 12.8 Å². The fourth-order valence-corrected chi connectivity index (χ4v) is 2.31. The molecule has 0 heterocycles. The molecule has 1 rings (SSSR count). The van der Waals surface area contributed by atoms with Gasteiger partial charge in [0.15, 0.2) is 0 Å². The van der Waals surface area contributed by atoms with Crippen LogP contribution in [0.2, 0.25) is 0 Å². The van der Waals surface area contributed by atoms with E-state index < -0.39 is 0 Å². The first-order chi connectivity index (χ1) is 7.45. The lowest BCUT2D eigenvalue weighted by atomic mass is 9.86. The Balaban J connectivity index is 2.39. The van der Waals surface area contributed by atoms with E-state index in [1.54, 1.807) is 0 Å². The van der Waals surface area contributed by atoms with E-state index in [-0.39, 0.29) is 11.3 Å². The summed E-state index contributed by atoms with van der Waals surface area (Å²) in [6.07, 6.45) is 4.78. The lowest BCUT2D eigenvalue weighted by Gasteiger charge is -2.31. The quantitative estimate of drug-likeness (QED) is 0.769. The largest absolute Gasteiger partial charge is 0.353 e. The molecule has 0 aromatic rings. The standard InChI is InChI=1S/C13H26N2O/c1-10-5-7-11(8-6-10)15-12(16)13(2,3)9-14-4/h10-11,14H,5-9H2,1-4H3,(H,15,16)/t10-,11-. The number of carbonyl (C=O) groups is 1. The van der Waals surface area contributed by atoms with Gasteiger partial charge in [-0.1, -0.05) is 6.92 Å². The third-order valence-electron chi connectivity index (χ3n) is 3.58. The summed E-state index contributed by atoms with van der Waals surface area (Å²) in [5, 5.41) is 6.26. The molecule has 94 valence electrons. The highest BCUT2D eigenvalue weighted by Crippen LogP contribution is 2.24. The monoisotopic (exact) mass is 226 g/mol. The third kappa shape index (κ3) is 3.78. The normalized spacial score (nSPS) is 26.5. The second kappa shape index (κ2) is 5.67. The first-order valence-corrected chi connectivity index (χ1v) is 6.41. The molecule has 2 N–H and O–H groups in total. The van der Waals surface area contributed by atoms with Crippen molar-refractivity contribution in [1.29, 1.82) is 0 Å². The Morgan fingerprint density at radius 3 is 2.31 bits per heavy atom. The molecule has 1 fully saturated rings. The van der Waals surface area contributed by atoms with Gasteiger partial charge in [-0.05, 0) is 52.5 Å². The zero-order valence-corrected chi connectivity index (χ0v) is 11.1. The maximum atomic E-state index is 12.1. The Hall–Kier alpha value is -0.570. The Bertz CT molecular complexity index is 230. The van der Waals surface area contributed by atoms with Crippen molar-refractivity contribution >= 4 is 5.91 Å². The fraction of sp³-hybridized carbons (Fsp3) is 0.923. The molecule has 1 aliphatic rings. The van der Waals surface area contributed by atoms with E-state index in [0.29, 0.717) is 6.04 Å². The molecule has 0 spiro atoms. The average Bonchev–Trinajstić information content (AvgIpc) is 2.21. The van der Waals surface area contributed by atoms with Gasteiger partial charge in [0.05, 0.1) is 5.41 Å². The van der Waals surface area contributed by atoms with Crippen LogP contribution in [0.4, 0.5) is 0 Å². The highest BCUT2D eigenvalue weighted by atomic mass is 16.2. The Morgan fingerprint density at radius 2 is 1.81 bits per heavy atom. The van der Waals surface area contributed by atoms with Gasteiger partial charge in [-0.15, -0.1) is 0 Å². The molecule has 0 aromatic carbocycles. The van der Waals surface area contributed by atoms with Gasteiger partial charge in [-0.2, -0.15) is 0 Å². The molecule has 0 aliphatic heterocycles. The van der Waals surface area contributed by atoms with Crippen molar-refractivity contribution in [3.8, 4) is 0 Å². The maximum absolute atomic E-state index is 12.1. The average molecular weight is 226 g/mol. The molecule has 1 aliphatic carbocycles. The van der Waals surface area contributed by atoms with Crippen LogP contribution in [0.3, 0.4) is 0 Å².